The Labute approximate surface area is 143 Å². The number of benzene rings is 1. The Kier molecular flexibility index (Phi) is 4.67. The number of ether oxygens (including phenoxy) is 1. The Bertz CT molecular complexity index is 918. The number of aromatic carboxylic acids is 1. The maximum absolute atomic E-state index is 14.9. The molecule has 1 aromatic heterocycles. The van der Waals surface area contributed by atoms with E-state index < -0.39 is 56.2 Å². The molecule has 0 saturated carbocycles. The van der Waals surface area contributed by atoms with Gasteiger partial charge in [0, 0.05) is 18.5 Å². The molecule has 10 heteroatoms. The van der Waals surface area contributed by atoms with Crippen molar-refractivity contribution in [2.45, 2.75) is 6.04 Å². The summed E-state index contributed by atoms with van der Waals surface area (Å²) in [4.78, 5) is 24.4. The normalized spacial score (nSPS) is 17.9. The minimum absolute atomic E-state index is 0.0344. The third kappa shape index (κ3) is 2.75. The largest absolute Gasteiger partial charge is 0.478 e. The molecule has 1 aliphatic rings. The summed E-state index contributed by atoms with van der Waals surface area (Å²) >= 11 is 0.531. The number of carbonyl (C=O) groups is 1. The minimum atomic E-state index is -1.59. The zero-order chi connectivity index (χ0) is 18.3. The highest BCUT2D eigenvalue weighted by molar-refractivity contribution is 7.16. The second-order valence-corrected chi connectivity index (χ2v) is 6.32. The molecule has 2 aromatic rings. The number of nitrogens with two attached hydrogens (primary N) is 1. The molecule has 6 nitrogen and oxygen atoms in total. The summed E-state index contributed by atoms with van der Waals surface area (Å²) < 4.78 is 48.8. The van der Waals surface area contributed by atoms with Crippen molar-refractivity contribution in [2.24, 2.45) is 5.73 Å². The average Bonchev–Trinajstić information content (AvgIpc) is 2.59. The van der Waals surface area contributed by atoms with Gasteiger partial charge in [-0.1, -0.05) is 0 Å². The lowest BCUT2D eigenvalue weighted by Gasteiger charge is -2.37. The van der Waals surface area contributed by atoms with Crippen LogP contribution in [-0.4, -0.2) is 43.4 Å². The van der Waals surface area contributed by atoms with Crippen LogP contribution < -0.4 is 16.1 Å². The van der Waals surface area contributed by atoms with E-state index >= 15 is 0 Å². The van der Waals surface area contributed by atoms with Gasteiger partial charge in [0.05, 0.1) is 29.3 Å². The van der Waals surface area contributed by atoms with Gasteiger partial charge in [0.2, 0.25) is 5.43 Å². The second-order valence-electron chi connectivity index (χ2n) is 5.44. The molecule has 1 aliphatic heterocycles. The van der Waals surface area contributed by atoms with Gasteiger partial charge in [-0.05, 0) is 0 Å². The van der Waals surface area contributed by atoms with E-state index in [1.807, 2.05) is 0 Å². The van der Waals surface area contributed by atoms with Gasteiger partial charge in [0.15, 0.2) is 17.5 Å². The van der Waals surface area contributed by atoms with E-state index in [1.54, 1.807) is 0 Å². The van der Waals surface area contributed by atoms with Crippen LogP contribution in [0, 0.1) is 17.5 Å². The molecule has 0 bridgehead atoms. The van der Waals surface area contributed by atoms with Crippen molar-refractivity contribution in [3.05, 3.63) is 38.6 Å². The van der Waals surface area contributed by atoms with Crippen molar-refractivity contribution >= 4 is 33.1 Å². The average molecular weight is 374 g/mol. The highest BCUT2D eigenvalue weighted by Crippen LogP contribution is 2.35. The van der Waals surface area contributed by atoms with Crippen LogP contribution in [0.15, 0.2) is 10.2 Å². The van der Waals surface area contributed by atoms with E-state index in [-0.39, 0.29) is 26.3 Å². The van der Waals surface area contributed by atoms with Crippen LogP contribution in [0.1, 0.15) is 10.4 Å². The molecule has 0 radical (unpaired) electrons. The zero-order valence-electron chi connectivity index (χ0n) is 12.7. The number of anilines is 1. The smallest absolute Gasteiger partial charge is 0.340 e. The molecule has 0 aliphatic carbocycles. The standard InChI is InChI=1S/C15H13F3N2O4S/c16-9-8-13(21)7(15(22)23)5-25-14(8)11(18)12(10(9)17)20-1-2-24-4-6(20)3-19/h5-6H,1-4,19H2,(H,22,23). The molecule has 0 amide bonds. The summed E-state index contributed by atoms with van der Waals surface area (Å²) in [5, 5.41) is 8.95. The van der Waals surface area contributed by atoms with Crippen LogP contribution in [0.3, 0.4) is 0 Å². The molecule has 1 fully saturated rings. The summed E-state index contributed by atoms with van der Waals surface area (Å²) in [6.07, 6.45) is 0. The Balaban J connectivity index is 2.31. The first-order valence-electron chi connectivity index (χ1n) is 7.28. The molecule has 1 aromatic carbocycles. The minimum Gasteiger partial charge on any atom is -0.478 e. The van der Waals surface area contributed by atoms with Crippen LogP contribution >= 0.6 is 11.3 Å². The van der Waals surface area contributed by atoms with Gasteiger partial charge in [-0.2, -0.15) is 0 Å². The molecule has 134 valence electrons. The van der Waals surface area contributed by atoms with E-state index in [0.29, 0.717) is 11.3 Å². The van der Waals surface area contributed by atoms with Crippen molar-refractivity contribution in [2.75, 3.05) is 31.2 Å². The van der Waals surface area contributed by atoms with Gasteiger partial charge >= 0.3 is 5.97 Å². The van der Waals surface area contributed by atoms with Gasteiger partial charge in [-0.3, -0.25) is 4.79 Å². The third-order valence-electron chi connectivity index (χ3n) is 4.04. The maximum atomic E-state index is 14.9. The van der Waals surface area contributed by atoms with E-state index in [2.05, 4.69) is 0 Å². The number of nitrogens with zero attached hydrogens (tertiary/aromatic N) is 1. The summed E-state index contributed by atoms with van der Waals surface area (Å²) in [5.41, 5.74) is 2.96. The van der Waals surface area contributed by atoms with E-state index in [4.69, 9.17) is 15.6 Å². The number of morpholine rings is 1. The van der Waals surface area contributed by atoms with E-state index in [1.165, 1.54) is 4.90 Å². The SMILES string of the molecule is NCC1COCCN1c1c(F)c(F)c2c(=O)c(C(=O)O)csc2c1F. The van der Waals surface area contributed by atoms with E-state index in [0.717, 1.165) is 5.38 Å². The molecule has 1 atom stereocenters. The Morgan fingerprint density at radius 1 is 1.36 bits per heavy atom. The van der Waals surface area contributed by atoms with Crippen LogP contribution in [0.25, 0.3) is 10.1 Å². The molecular weight excluding hydrogens is 361 g/mol. The number of carboxylic acids is 1. The van der Waals surface area contributed by atoms with E-state index in [9.17, 15) is 22.8 Å². The lowest BCUT2D eigenvalue weighted by atomic mass is 10.1. The fraction of sp³-hybridized carbons (Fsp3) is 0.333. The predicted octanol–water partition coefficient (Wildman–Crippen LogP) is 1.54. The van der Waals surface area contributed by atoms with Crippen LogP contribution in [0.2, 0.25) is 0 Å². The predicted molar refractivity (Wildman–Crippen MR) is 85.9 cm³/mol. The highest BCUT2D eigenvalue weighted by atomic mass is 32.1. The molecule has 0 spiro atoms. The quantitative estimate of drug-likeness (QED) is 0.792. The molecule has 2 heterocycles. The highest BCUT2D eigenvalue weighted by Gasteiger charge is 2.32. The number of rotatable bonds is 3. The number of carboxylic acid groups (broad SMARTS) is 1. The molecule has 1 saturated heterocycles. The number of halogens is 3. The van der Waals surface area contributed by atoms with Crippen molar-refractivity contribution in [3.8, 4) is 0 Å². The summed E-state index contributed by atoms with van der Waals surface area (Å²) in [5.74, 6) is -5.83. The van der Waals surface area contributed by atoms with Gasteiger partial charge in [0.25, 0.3) is 0 Å². The summed E-state index contributed by atoms with van der Waals surface area (Å²) in [6, 6.07) is -0.551. The first-order chi connectivity index (χ1) is 11.9. The summed E-state index contributed by atoms with van der Waals surface area (Å²) in [6.45, 7) is 0.446. The lowest BCUT2D eigenvalue weighted by Crippen LogP contribution is -2.50. The number of fused-ring (bicyclic) bond motifs is 1. The topological polar surface area (TPSA) is 92.9 Å². The Hall–Kier alpha value is -2.17. The van der Waals surface area contributed by atoms with Gasteiger partial charge in [-0.15, -0.1) is 11.3 Å². The molecular formula is C15H13F3N2O4S. The van der Waals surface area contributed by atoms with Crippen LogP contribution in [-0.2, 0) is 4.74 Å². The van der Waals surface area contributed by atoms with Gasteiger partial charge < -0.3 is 20.5 Å². The molecule has 3 N–H and O–H groups in total. The third-order valence-corrected chi connectivity index (χ3v) is 5.01. The lowest BCUT2D eigenvalue weighted by molar-refractivity contribution is 0.0696. The molecule has 1 unspecified atom stereocenters. The zero-order valence-corrected chi connectivity index (χ0v) is 13.5. The first kappa shape index (κ1) is 17.6. The van der Waals surface area contributed by atoms with Gasteiger partial charge in [-0.25, -0.2) is 18.0 Å². The Morgan fingerprint density at radius 2 is 2.08 bits per heavy atom. The first-order valence-corrected chi connectivity index (χ1v) is 8.16. The molecule has 3 rings (SSSR count). The monoisotopic (exact) mass is 374 g/mol. The van der Waals surface area contributed by atoms with Crippen LogP contribution in [0.5, 0.6) is 0 Å². The maximum Gasteiger partial charge on any atom is 0.340 e. The van der Waals surface area contributed by atoms with Crippen molar-refractivity contribution in [1.29, 1.82) is 0 Å². The summed E-state index contributed by atoms with van der Waals surface area (Å²) in [7, 11) is 0. The second kappa shape index (κ2) is 6.62. The van der Waals surface area contributed by atoms with Crippen molar-refractivity contribution in [3.63, 3.8) is 0 Å². The van der Waals surface area contributed by atoms with Crippen molar-refractivity contribution in [1.82, 2.24) is 0 Å². The fourth-order valence-electron chi connectivity index (χ4n) is 2.79. The number of hydrogen-bond donors (Lipinski definition) is 2. The fourth-order valence-corrected chi connectivity index (χ4v) is 3.73. The number of hydrogen-bond acceptors (Lipinski definition) is 6. The molecule has 25 heavy (non-hydrogen) atoms. The van der Waals surface area contributed by atoms with Crippen molar-refractivity contribution < 1.29 is 27.8 Å². The van der Waals surface area contributed by atoms with Crippen LogP contribution in [0.4, 0.5) is 18.9 Å². The van der Waals surface area contributed by atoms with Gasteiger partial charge in [0.1, 0.15) is 11.3 Å². The Morgan fingerprint density at radius 3 is 2.72 bits per heavy atom.